The molecule has 0 amide bonds. The highest BCUT2D eigenvalue weighted by atomic mass is 16.5. The highest BCUT2D eigenvalue weighted by Crippen LogP contribution is 2.33. The lowest BCUT2D eigenvalue weighted by Gasteiger charge is -2.25. The maximum absolute atomic E-state index is 10.1. The number of aliphatic hydroxyl groups excluding tert-OH is 1. The fourth-order valence-electron chi connectivity index (χ4n) is 3.09. The molecule has 0 saturated carbocycles. The number of likely N-dealkylation sites (N-methyl/N-ethyl adjacent to an activating group) is 1. The lowest BCUT2D eigenvalue weighted by Crippen LogP contribution is -2.21. The Bertz CT molecular complexity index is 677. The second-order valence-corrected chi connectivity index (χ2v) is 6.78. The summed E-state index contributed by atoms with van der Waals surface area (Å²) in [6, 6.07) is 18.5. The average Bonchev–Trinajstić information content (AvgIpc) is 2.59. The predicted octanol–water partition coefficient (Wildman–Crippen LogP) is 4.19. The van der Waals surface area contributed by atoms with E-state index in [1.807, 2.05) is 37.3 Å². The standard InChI is InChI=1S/C22H29NO2/c1-17(24)13-22(19-11-8-12-21(15-19)25-4)20(16-23(2)3)14-18-9-6-5-7-10-18/h5-12,14-15,17,22,24H,13,16H2,1-4H3/b20-14-. The second kappa shape index (κ2) is 9.40. The van der Waals surface area contributed by atoms with Crippen molar-refractivity contribution in [1.82, 2.24) is 4.90 Å². The number of methoxy groups -OCH3 is 1. The Balaban J connectivity index is 2.47. The van der Waals surface area contributed by atoms with Crippen LogP contribution in [-0.4, -0.2) is 43.9 Å². The minimum Gasteiger partial charge on any atom is -0.497 e. The molecule has 3 nitrogen and oxygen atoms in total. The lowest BCUT2D eigenvalue weighted by atomic mass is 9.85. The van der Waals surface area contributed by atoms with E-state index in [4.69, 9.17) is 4.74 Å². The molecule has 0 heterocycles. The Morgan fingerprint density at radius 1 is 1.12 bits per heavy atom. The lowest BCUT2D eigenvalue weighted by molar-refractivity contribution is 0.177. The van der Waals surface area contributed by atoms with Crippen LogP contribution in [0.3, 0.4) is 0 Å². The fourth-order valence-corrected chi connectivity index (χ4v) is 3.09. The molecule has 0 fully saturated rings. The highest BCUT2D eigenvalue weighted by molar-refractivity contribution is 5.56. The van der Waals surface area contributed by atoms with Crippen molar-refractivity contribution in [2.24, 2.45) is 0 Å². The van der Waals surface area contributed by atoms with Crippen molar-refractivity contribution < 1.29 is 9.84 Å². The van der Waals surface area contributed by atoms with Gasteiger partial charge in [0.05, 0.1) is 13.2 Å². The van der Waals surface area contributed by atoms with Crippen LogP contribution in [0.5, 0.6) is 5.75 Å². The topological polar surface area (TPSA) is 32.7 Å². The molecule has 0 spiro atoms. The van der Waals surface area contributed by atoms with E-state index in [9.17, 15) is 5.11 Å². The molecule has 0 aliphatic rings. The quantitative estimate of drug-likeness (QED) is 0.782. The molecule has 134 valence electrons. The van der Waals surface area contributed by atoms with Crippen LogP contribution in [-0.2, 0) is 0 Å². The zero-order chi connectivity index (χ0) is 18.2. The van der Waals surface area contributed by atoms with Gasteiger partial charge >= 0.3 is 0 Å². The number of rotatable bonds is 8. The first-order valence-electron chi connectivity index (χ1n) is 8.72. The monoisotopic (exact) mass is 339 g/mol. The van der Waals surface area contributed by atoms with E-state index in [0.29, 0.717) is 6.42 Å². The van der Waals surface area contributed by atoms with E-state index in [2.05, 4.69) is 49.3 Å². The molecule has 3 heteroatoms. The summed E-state index contributed by atoms with van der Waals surface area (Å²) in [5.41, 5.74) is 3.63. The molecule has 2 unspecified atom stereocenters. The maximum Gasteiger partial charge on any atom is 0.119 e. The van der Waals surface area contributed by atoms with Crippen LogP contribution in [0.15, 0.2) is 60.2 Å². The van der Waals surface area contributed by atoms with Crippen LogP contribution < -0.4 is 4.74 Å². The number of nitrogens with zero attached hydrogens (tertiary/aromatic N) is 1. The molecular formula is C22H29NO2. The minimum absolute atomic E-state index is 0.137. The Labute approximate surface area is 151 Å². The van der Waals surface area contributed by atoms with E-state index in [-0.39, 0.29) is 12.0 Å². The van der Waals surface area contributed by atoms with E-state index in [0.717, 1.165) is 12.3 Å². The molecule has 2 aromatic rings. The summed E-state index contributed by atoms with van der Waals surface area (Å²) in [5, 5.41) is 10.1. The average molecular weight is 339 g/mol. The highest BCUT2D eigenvalue weighted by Gasteiger charge is 2.20. The first kappa shape index (κ1) is 19.2. The molecule has 0 saturated heterocycles. The summed E-state index contributed by atoms with van der Waals surface area (Å²) in [6.07, 6.45) is 2.55. The van der Waals surface area contributed by atoms with Crippen molar-refractivity contribution in [1.29, 1.82) is 0 Å². The van der Waals surface area contributed by atoms with Gasteiger partial charge in [0.25, 0.3) is 0 Å². The number of aliphatic hydroxyl groups is 1. The first-order chi connectivity index (χ1) is 12.0. The van der Waals surface area contributed by atoms with Gasteiger partial charge in [0.2, 0.25) is 0 Å². The molecule has 2 atom stereocenters. The van der Waals surface area contributed by atoms with Crippen molar-refractivity contribution in [3.8, 4) is 5.75 Å². The fraction of sp³-hybridized carbons (Fsp3) is 0.364. The summed E-state index contributed by atoms with van der Waals surface area (Å²) < 4.78 is 5.40. The zero-order valence-electron chi connectivity index (χ0n) is 15.6. The van der Waals surface area contributed by atoms with Gasteiger partial charge in [-0.1, -0.05) is 48.5 Å². The van der Waals surface area contributed by atoms with Gasteiger partial charge in [0.1, 0.15) is 5.75 Å². The van der Waals surface area contributed by atoms with Gasteiger partial charge in [-0.15, -0.1) is 0 Å². The molecule has 2 rings (SSSR count). The van der Waals surface area contributed by atoms with Gasteiger partial charge in [0.15, 0.2) is 0 Å². The van der Waals surface area contributed by atoms with Crippen LogP contribution >= 0.6 is 0 Å². The van der Waals surface area contributed by atoms with Crippen LogP contribution in [0.4, 0.5) is 0 Å². The van der Waals surface area contributed by atoms with Crippen LogP contribution in [0, 0.1) is 0 Å². The van der Waals surface area contributed by atoms with Crippen molar-refractivity contribution in [2.75, 3.05) is 27.7 Å². The van der Waals surface area contributed by atoms with Gasteiger partial charge in [0, 0.05) is 12.5 Å². The molecule has 25 heavy (non-hydrogen) atoms. The van der Waals surface area contributed by atoms with Crippen LogP contribution in [0.1, 0.15) is 30.4 Å². The Morgan fingerprint density at radius 2 is 1.84 bits per heavy atom. The first-order valence-corrected chi connectivity index (χ1v) is 8.72. The largest absolute Gasteiger partial charge is 0.497 e. The Hall–Kier alpha value is -2.10. The molecule has 0 aromatic heterocycles. The van der Waals surface area contributed by atoms with E-state index in [1.54, 1.807) is 7.11 Å². The molecule has 0 aliphatic heterocycles. The molecule has 2 aromatic carbocycles. The molecule has 0 radical (unpaired) electrons. The van der Waals surface area contributed by atoms with Crippen LogP contribution in [0.25, 0.3) is 6.08 Å². The maximum atomic E-state index is 10.1. The summed E-state index contributed by atoms with van der Waals surface area (Å²) in [7, 11) is 5.83. The number of hydrogen-bond acceptors (Lipinski definition) is 3. The minimum atomic E-state index is -0.377. The third-order valence-corrected chi connectivity index (χ3v) is 4.17. The van der Waals surface area contributed by atoms with E-state index >= 15 is 0 Å². The van der Waals surface area contributed by atoms with E-state index in [1.165, 1.54) is 16.7 Å². The normalized spacial score (nSPS) is 14.4. The SMILES string of the molecule is COc1cccc(C(CC(C)O)/C(=C\c2ccccc2)CN(C)C)c1. The Kier molecular flexibility index (Phi) is 7.23. The molecule has 0 aliphatic carbocycles. The van der Waals surface area contributed by atoms with Gasteiger partial charge < -0.3 is 14.7 Å². The van der Waals surface area contributed by atoms with Crippen molar-refractivity contribution in [3.63, 3.8) is 0 Å². The summed E-state index contributed by atoms with van der Waals surface area (Å²) in [6.45, 7) is 2.69. The summed E-state index contributed by atoms with van der Waals surface area (Å²) in [5.74, 6) is 0.981. The predicted molar refractivity (Wildman–Crippen MR) is 105 cm³/mol. The van der Waals surface area contributed by atoms with Gasteiger partial charge in [-0.25, -0.2) is 0 Å². The van der Waals surface area contributed by atoms with Gasteiger partial charge in [-0.3, -0.25) is 0 Å². The summed E-state index contributed by atoms with van der Waals surface area (Å²) in [4.78, 5) is 2.17. The molecule has 0 bridgehead atoms. The molecule has 1 N–H and O–H groups in total. The number of benzene rings is 2. The third-order valence-electron chi connectivity index (χ3n) is 4.17. The second-order valence-electron chi connectivity index (χ2n) is 6.78. The van der Waals surface area contributed by atoms with Crippen molar-refractivity contribution >= 4 is 6.08 Å². The number of ether oxygens (including phenoxy) is 1. The van der Waals surface area contributed by atoms with Gasteiger partial charge in [-0.2, -0.15) is 0 Å². The molecular weight excluding hydrogens is 310 g/mol. The Morgan fingerprint density at radius 3 is 2.44 bits per heavy atom. The zero-order valence-corrected chi connectivity index (χ0v) is 15.6. The smallest absolute Gasteiger partial charge is 0.119 e. The summed E-state index contributed by atoms with van der Waals surface area (Å²) >= 11 is 0. The number of hydrogen-bond donors (Lipinski definition) is 1. The third kappa shape index (κ3) is 6.04. The van der Waals surface area contributed by atoms with Crippen molar-refractivity contribution in [3.05, 3.63) is 71.3 Å². The van der Waals surface area contributed by atoms with Gasteiger partial charge in [-0.05, 0) is 56.3 Å². The van der Waals surface area contributed by atoms with E-state index < -0.39 is 0 Å². The van der Waals surface area contributed by atoms with Crippen LogP contribution in [0.2, 0.25) is 0 Å². The van der Waals surface area contributed by atoms with Crippen molar-refractivity contribution in [2.45, 2.75) is 25.4 Å².